The standard InChI is InChI=1S/C10H12ClNO4/c1-14-9-6(4-13)3-8(11)7(5-16-12)10(9)15-2/h3-4H,5,12H2,1-2H3. The van der Waals surface area contributed by atoms with E-state index in [2.05, 4.69) is 4.84 Å². The van der Waals surface area contributed by atoms with E-state index in [-0.39, 0.29) is 6.61 Å². The molecule has 0 aliphatic heterocycles. The van der Waals surface area contributed by atoms with Crippen LogP contribution in [-0.4, -0.2) is 20.5 Å². The first-order valence-electron chi connectivity index (χ1n) is 4.39. The lowest BCUT2D eigenvalue weighted by Gasteiger charge is -2.15. The smallest absolute Gasteiger partial charge is 0.171 e. The second kappa shape index (κ2) is 5.69. The molecule has 0 aliphatic carbocycles. The quantitative estimate of drug-likeness (QED) is 0.630. The van der Waals surface area contributed by atoms with Crippen LogP contribution < -0.4 is 15.4 Å². The largest absolute Gasteiger partial charge is 0.492 e. The van der Waals surface area contributed by atoms with Gasteiger partial charge in [-0.1, -0.05) is 11.6 Å². The molecule has 0 unspecified atom stereocenters. The van der Waals surface area contributed by atoms with Gasteiger partial charge in [0, 0.05) is 5.56 Å². The SMILES string of the molecule is COc1c(C=O)cc(Cl)c(CON)c1OC. The zero-order valence-corrected chi connectivity index (χ0v) is 9.71. The molecule has 0 saturated carbocycles. The molecule has 0 radical (unpaired) electrons. The molecule has 0 bridgehead atoms. The first-order chi connectivity index (χ1) is 7.69. The average molecular weight is 246 g/mol. The molecule has 1 aromatic carbocycles. The minimum atomic E-state index is 0.0670. The molecule has 88 valence electrons. The molecule has 16 heavy (non-hydrogen) atoms. The lowest BCUT2D eigenvalue weighted by Crippen LogP contribution is -2.05. The van der Waals surface area contributed by atoms with E-state index in [0.717, 1.165) is 0 Å². The minimum Gasteiger partial charge on any atom is -0.492 e. The zero-order valence-electron chi connectivity index (χ0n) is 8.95. The van der Waals surface area contributed by atoms with Gasteiger partial charge in [-0.3, -0.25) is 9.63 Å². The summed E-state index contributed by atoms with van der Waals surface area (Å²) in [7, 11) is 2.88. The topological polar surface area (TPSA) is 70.8 Å². The van der Waals surface area contributed by atoms with E-state index in [0.29, 0.717) is 33.9 Å². The number of rotatable bonds is 5. The molecule has 1 aromatic rings. The summed E-state index contributed by atoms with van der Waals surface area (Å²) in [6.45, 7) is 0.0670. The molecule has 0 atom stereocenters. The van der Waals surface area contributed by atoms with E-state index in [1.54, 1.807) is 0 Å². The van der Waals surface area contributed by atoms with Gasteiger partial charge in [-0.25, -0.2) is 5.90 Å². The van der Waals surface area contributed by atoms with Crippen LogP contribution in [0.1, 0.15) is 15.9 Å². The number of halogens is 1. The average Bonchev–Trinajstić information content (AvgIpc) is 2.30. The first-order valence-corrected chi connectivity index (χ1v) is 4.77. The van der Waals surface area contributed by atoms with Gasteiger partial charge in [0.25, 0.3) is 0 Å². The predicted molar refractivity (Wildman–Crippen MR) is 58.9 cm³/mol. The Hall–Kier alpha value is -1.30. The summed E-state index contributed by atoms with van der Waals surface area (Å²) in [5.41, 5.74) is 0.847. The molecule has 1 rings (SSSR count). The van der Waals surface area contributed by atoms with E-state index in [4.69, 9.17) is 27.0 Å². The highest BCUT2D eigenvalue weighted by molar-refractivity contribution is 6.32. The van der Waals surface area contributed by atoms with Crippen molar-refractivity contribution in [1.29, 1.82) is 0 Å². The number of hydrogen-bond donors (Lipinski definition) is 1. The number of nitrogens with two attached hydrogens (primary N) is 1. The van der Waals surface area contributed by atoms with Crippen molar-refractivity contribution in [1.82, 2.24) is 0 Å². The summed E-state index contributed by atoms with van der Waals surface area (Å²) in [5, 5.41) is 0.338. The lowest BCUT2D eigenvalue weighted by atomic mass is 10.1. The van der Waals surface area contributed by atoms with Crippen LogP contribution in [0.4, 0.5) is 0 Å². The van der Waals surface area contributed by atoms with Crippen LogP contribution in [-0.2, 0) is 11.4 Å². The number of carbonyl (C=O) groups is 1. The Labute approximate surface area is 98.0 Å². The molecule has 0 fully saturated rings. The molecule has 2 N–H and O–H groups in total. The fraction of sp³-hybridized carbons (Fsp3) is 0.300. The normalized spacial score (nSPS) is 10.0. The third kappa shape index (κ3) is 2.27. The van der Waals surface area contributed by atoms with E-state index in [1.807, 2.05) is 0 Å². The van der Waals surface area contributed by atoms with Crippen molar-refractivity contribution in [3.8, 4) is 11.5 Å². The summed E-state index contributed by atoms with van der Waals surface area (Å²) >= 11 is 5.97. The molecule has 0 saturated heterocycles. The Balaban J connectivity index is 3.44. The first kappa shape index (κ1) is 12.8. The van der Waals surface area contributed by atoms with E-state index in [9.17, 15) is 4.79 Å². The van der Waals surface area contributed by atoms with Crippen molar-refractivity contribution in [3.05, 3.63) is 22.2 Å². The van der Waals surface area contributed by atoms with Crippen molar-refractivity contribution < 1.29 is 19.1 Å². The summed E-state index contributed by atoms with van der Waals surface area (Å²) in [4.78, 5) is 15.3. The molecule has 0 amide bonds. The third-order valence-electron chi connectivity index (χ3n) is 2.08. The van der Waals surface area contributed by atoms with Crippen LogP contribution in [0.2, 0.25) is 5.02 Å². The van der Waals surface area contributed by atoms with Gasteiger partial charge in [-0.05, 0) is 6.07 Å². The monoisotopic (exact) mass is 245 g/mol. The summed E-state index contributed by atoms with van der Waals surface area (Å²) < 4.78 is 10.2. The molecule has 0 aliphatic rings. The molecule has 0 aromatic heterocycles. The van der Waals surface area contributed by atoms with Crippen LogP contribution in [0.15, 0.2) is 6.07 Å². The van der Waals surface area contributed by atoms with E-state index >= 15 is 0 Å². The summed E-state index contributed by atoms with van der Waals surface area (Å²) in [6, 6.07) is 1.48. The van der Waals surface area contributed by atoms with Gasteiger partial charge in [-0.2, -0.15) is 0 Å². The van der Waals surface area contributed by atoms with Gasteiger partial charge in [0.15, 0.2) is 17.8 Å². The lowest BCUT2D eigenvalue weighted by molar-refractivity contribution is 0.111. The number of hydrogen-bond acceptors (Lipinski definition) is 5. The molecule has 5 nitrogen and oxygen atoms in total. The van der Waals surface area contributed by atoms with Gasteiger partial charge in [-0.15, -0.1) is 0 Å². The summed E-state index contributed by atoms with van der Waals surface area (Å²) in [6.07, 6.45) is 0.639. The Kier molecular flexibility index (Phi) is 4.54. The maximum atomic E-state index is 10.8. The van der Waals surface area contributed by atoms with Crippen LogP contribution >= 0.6 is 11.6 Å². The number of ether oxygens (including phenoxy) is 2. The molecular formula is C10H12ClNO4. The fourth-order valence-electron chi connectivity index (χ4n) is 1.40. The molecular weight excluding hydrogens is 234 g/mol. The second-order valence-electron chi connectivity index (χ2n) is 2.92. The highest BCUT2D eigenvalue weighted by Gasteiger charge is 2.18. The Morgan fingerprint density at radius 3 is 2.44 bits per heavy atom. The van der Waals surface area contributed by atoms with Gasteiger partial charge in [0.1, 0.15) is 0 Å². The number of methoxy groups -OCH3 is 2. The Morgan fingerprint density at radius 2 is 2.00 bits per heavy atom. The van der Waals surface area contributed by atoms with Crippen molar-refractivity contribution in [2.75, 3.05) is 14.2 Å². The van der Waals surface area contributed by atoms with Crippen LogP contribution in [0.3, 0.4) is 0 Å². The Bertz CT molecular complexity index is 395. The van der Waals surface area contributed by atoms with E-state index in [1.165, 1.54) is 20.3 Å². The van der Waals surface area contributed by atoms with Gasteiger partial charge >= 0.3 is 0 Å². The van der Waals surface area contributed by atoms with Gasteiger partial charge < -0.3 is 9.47 Å². The molecule has 0 spiro atoms. The van der Waals surface area contributed by atoms with Crippen LogP contribution in [0.25, 0.3) is 0 Å². The summed E-state index contributed by atoms with van der Waals surface area (Å²) in [5.74, 6) is 5.65. The van der Waals surface area contributed by atoms with Crippen LogP contribution in [0.5, 0.6) is 11.5 Å². The molecule has 6 heteroatoms. The highest BCUT2D eigenvalue weighted by Crippen LogP contribution is 2.38. The third-order valence-corrected chi connectivity index (χ3v) is 2.41. The van der Waals surface area contributed by atoms with Crippen LogP contribution in [0, 0.1) is 0 Å². The zero-order chi connectivity index (χ0) is 12.1. The number of aldehydes is 1. The van der Waals surface area contributed by atoms with Crippen molar-refractivity contribution in [2.45, 2.75) is 6.61 Å². The maximum Gasteiger partial charge on any atom is 0.171 e. The number of carbonyl (C=O) groups excluding carboxylic acids is 1. The maximum absolute atomic E-state index is 10.8. The van der Waals surface area contributed by atoms with Gasteiger partial charge in [0.05, 0.1) is 31.4 Å². The number of benzene rings is 1. The second-order valence-corrected chi connectivity index (χ2v) is 3.33. The minimum absolute atomic E-state index is 0.0670. The fourth-order valence-corrected chi connectivity index (χ4v) is 1.66. The van der Waals surface area contributed by atoms with Crippen molar-refractivity contribution in [2.24, 2.45) is 5.90 Å². The Morgan fingerprint density at radius 1 is 1.38 bits per heavy atom. The molecule has 0 heterocycles. The predicted octanol–water partition coefficient (Wildman–Crippen LogP) is 1.56. The van der Waals surface area contributed by atoms with Crippen molar-refractivity contribution in [3.63, 3.8) is 0 Å². The van der Waals surface area contributed by atoms with Gasteiger partial charge in [0.2, 0.25) is 0 Å². The highest BCUT2D eigenvalue weighted by atomic mass is 35.5. The van der Waals surface area contributed by atoms with E-state index < -0.39 is 0 Å². The van der Waals surface area contributed by atoms with Crippen molar-refractivity contribution >= 4 is 17.9 Å².